The van der Waals surface area contributed by atoms with Crippen molar-refractivity contribution in [3.63, 3.8) is 0 Å². The molecule has 0 aromatic heterocycles. The van der Waals surface area contributed by atoms with Crippen LogP contribution in [0.4, 0.5) is 0 Å². The zero-order valence-corrected chi connectivity index (χ0v) is 14.3. The average molecular weight is 299 g/mol. The van der Waals surface area contributed by atoms with Gasteiger partial charge in [0.25, 0.3) is 0 Å². The van der Waals surface area contributed by atoms with Crippen molar-refractivity contribution in [2.45, 2.75) is 44.9 Å². The van der Waals surface area contributed by atoms with E-state index in [4.69, 9.17) is 0 Å². The molecule has 0 spiro atoms. The van der Waals surface area contributed by atoms with E-state index in [9.17, 15) is 0 Å². The summed E-state index contributed by atoms with van der Waals surface area (Å²) < 4.78 is 0. The van der Waals surface area contributed by atoms with Crippen molar-refractivity contribution in [3.8, 4) is 0 Å². The fourth-order valence-corrected chi connectivity index (χ4v) is 3.51. The number of benzene rings is 2. The maximum Gasteiger partial charge on any atom is 0.0232 e. The fraction of sp³-hybridized carbons (Fsp3) is 0.368. The molecule has 2 aromatic carbocycles. The number of nitrogens with one attached hydrogen (secondary N) is 1. The third-order valence-corrected chi connectivity index (χ3v) is 4.74. The molecule has 0 bridgehead atoms. The highest BCUT2D eigenvalue weighted by Crippen LogP contribution is 2.27. The van der Waals surface area contributed by atoms with Crippen molar-refractivity contribution >= 4 is 11.8 Å². The van der Waals surface area contributed by atoms with Crippen molar-refractivity contribution in [1.29, 1.82) is 0 Å². The summed E-state index contributed by atoms with van der Waals surface area (Å²) in [5, 5.41) is 3.37. The predicted octanol–water partition coefficient (Wildman–Crippen LogP) is 5.01. The average Bonchev–Trinajstić information content (AvgIpc) is 2.43. The topological polar surface area (TPSA) is 12.0 Å². The van der Waals surface area contributed by atoms with Crippen LogP contribution in [-0.4, -0.2) is 6.54 Å². The molecular formula is C19H25NS. The lowest BCUT2D eigenvalue weighted by molar-refractivity contribution is 0.726. The van der Waals surface area contributed by atoms with Crippen molar-refractivity contribution in [3.05, 3.63) is 64.2 Å². The van der Waals surface area contributed by atoms with Gasteiger partial charge in [-0.2, -0.15) is 0 Å². The molecule has 0 aliphatic heterocycles. The Kier molecular flexibility index (Phi) is 5.89. The Morgan fingerprint density at radius 2 is 1.62 bits per heavy atom. The third kappa shape index (κ3) is 4.90. The molecule has 0 aliphatic carbocycles. The quantitative estimate of drug-likeness (QED) is 0.752. The molecule has 1 N–H and O–H groups in total. The van der Waals surface area contributed by atoms with E-state index in [1.54, 1.807) is 0 Å². The van der Waals surface area contributed by atoms with E-state index in [1.165, 1.54) is 32.7 Å². The lowest BCUT2D eigenvalue weighted by Crippen LogP contribution is -2.11. The van der Waals surface area contributed by atoms with Gasteiger partial charge in [0.05, 0.1) is 0 Å². The number of aryl methyl sites for hydroxylation is 3. The van der Waals surface area contributed by atoms with Crippen molar-refractivity contribution in [2.24, 2.45) is 0 Å². The molecule has 0 amide bonds. The van der Waals surface area contributed by atoms with Gasteiger partial charge < -0.3 is 5.32 Å². The summed E-state index contributed by atoms with van der Waals surface area (Å²) in [6, 6.07) is 13.6. The summed E-state index contributed by atoms with van der Waals surface area (Å²) in [5.74, 6) is 1.04. The molecule has 2 heteroatoms. The smallest absolute Gasteiger partial charge is 0.0232 e. The molecule has 0 heterocycles. The van der Waals surface area contributed by atoms with Crippen molar-refractivity contribution in [1.82, 2.24) is 5.32 Å². The van der Waals surface area contributed by atoms with Crippen LogP contribution in [0, 0.1) is 20.8 Å². The van der Waals surface area contributed by atoms with Gasteiger partial charge >= 0.3 is 0 Å². The van der Waals surface area contributed by atoms with Crippen molar-refractivity contribution < 1.29 is 0 Å². The Bertz CT molecular complexity index is 584. The second-order valence-corrected chi connectivity index (χ2v) is 6.68. The van der Waals surface area contributed by atoms with Gasteiger partial charge in [-0.05, 0) is 50.1 Å². The summed E-state index contributed by atoms with van der Waals surface area (Å²) in [7, 11) is 0. The summed E-state index contributed by atoms with van der Waals surface area (Å²) >= 11 is 1.93. The second-order valence-electron chi connectivity index (χ2n) is 5.66. The van der Waals surface area contributed by atoms with E-state index in [1.807, 2.05) is 11.8 Å². The van der Waals surface area contributed by atoms with E-state index >= 15 is 0 Å². The second kappa shape index (κ2) is 7.67. The molecule has 112 valence electrons. The van der Waals surface area contributed by atoms with Crippen LogP contribution in [0.25, 0.3) is 0 Å². The van der Waals surface area contributed by atoms with Crippen LogP contribution in [0.2, 0.25) is 0 Å². The Hall–Kier alpha value is -1.25. The van der Waals surface area contributed by atoms with E-state index in [2.05, 4.69) is 69.4 Å². The molecule has 2 rings (SSSR count). The lowest BCUT2D eigenvalue weighted by atomic mass is 10.1. The van der Waals surface area contributed by atoms with Gasteiger partial charge in [0.1, 0.15) is 0 Å². The molecule has 2 aromatic rings. The zero-order chi connectivity index (χ0) is 15.2. The monoisotopic (exact) mass is 299 g/mol. The van der Waals surface area contributed by atoms with Crippen molar-refractivity contribution in [2.75, 3.05) is 6.54 Å². The van der Waals surface area contributed by atoms with Crippen LogP contribution < -0.4 is 5.32 Å². The molecule has 0 saturated heterocycles. The number of rotatable bonds is 6. The summed E-state index contributed by atoms with van der Waals surface area (Å²) in [6.07, 6.45) is 0. The molecular weight excluding hydrogens is 274 g/mol. The summed E-state index contributed by atoms with van der Waals surface area (Å²) in [5.41, 5.74) is 6.85. The first-order valence-corrected chi connectivity index (χ1v) is 8.57. The van der Waals surface area contributed by atoms with Crippen LogP contribution in [0.3, 0.4) is 0 Å². The van der Waals surface area contributed by atoms with Crippen LogP contribution in [0.5, 0.6) is 0 Å². The highest BCUT2D eigenvalue weighted by atomic mass is 32.2. The molecule has 1 nitrogen and oxygen atoms in total. The maximum atomic E-state index is 3.37. The van der Waals surface area contributed by atoms with E-state index in [0.717, 1.165) is 18.8 Å². The Morgan fingerprint density at radius 3 is 2.24 bits per heavy atom. The minimum atomic E-state index is 0.958. The first-order chi connectivity index (χ1) is 10.1. The van der Waals surface area contributed by atoms with Gasteiger partial charge in [-0.3, -0.25) is 0 Å². The number of thioether (sulfide) groups is 1. The van der Waals surface area contributed by atoms with Gasteiger partial charge in [0.15, 0.2) is 0 Å². The summed E-state index contributed by atoms with van der Waals surface area (Å²) in [6.45, 7) is 10.7. The van der Waals surface area contributed by atoms with Gasteiger partial charge in [0.2, 0.25) is 0 Å². The van der Waals surface area contributed by atoms with Crippen LogP contribution in [-0.2, 0) is 12.3 Å². The molecule has 0 atom stereocenters. The summed E-state index contributed by atoms with van der Waals surface area (Å²) in [4.78, 5) is 1.38. The molecule has 0 radical (unpaired) electrons. The van der Waals surface area contributed by atoms with Gasteiger partial charge in [-0.1, -0.05) is 48.4 Å². The van der Waals surface area contributed by atoms with Gasteiger partial charge in [0, 0.05) is 17.2 Å². The Balaban J connectivity index is 2.02. The predicted molar refractivity (Wildman–Crippen MR) is 94.0 cm³/mol. The van der Waals surface area contributed by atoms with Gasteiger partial charge in [-0.25, -0.2) is 0 Å². The van der Waals surface area contributed by atoms with Crippen LogP contribution in [0.1, 0.15) is 34.7 Å². The van der Waals surface area contributed by atoms with E-state index < -0.39 is 0 Å². The van der Waals surface area contributed by atoms with Gasteiger partial charge in [-0.15, -0.1) is 11.8 Å². The number of hydrogen-bond acceptors (Lipinski definition) is 2. The lowest BCUT2D eigenvalue weighted by Gasteiger charge is -2.10. The van der Waals surface area contributed by atoms with E-state index in [-0.39, 0.29) is 0 Å². The molecule has 0 aliphatic rings. The molecule has 0 saturated carbocycles. The zero-order valence-electron chi connectivity index (χ0n) is 13.5. The highest BCUT2D eigenvalue weighted by Gasteiger charge is 2.03. The Labute approximate surface area is 133 Å². The minimum Gasteiger partial charge on any atom is -0.313 e. The normalized spacial score (nSPS) is 10.9. The molecule has 0 unspecified atom stereocenters. The Morgan fingerprint density at radius 1 is 0.905 bits per heavy atom. The molecule has 0 fully saturated rings. The standard InChI is InChI=1S/C19H25NS/c1-5-20-12-17-6-7-19(16(4)11-17)21-13-18-9-14(2)8-15(3)10-18/h6-11,20H,5,12-13H2,1-4H3. The van der Waals surface area contributed by atoms with E-state index in [0.29, 0.717) is 0 Å². The largest absolute Gasteiger partial charge is 0.313 e. The third-order valence-electron chi connectivity index (χ3n) is 3.49. The first-order valence-electron chi connectivity index (χ1n) is 7.58. The van der Waals surface area contributed by atoms with Crippen LogP contribution in [0.15, 0.2) is 41.3 Å². The highest BCUT2D eigenvalue weighted by molar-refractivity contribution is 7.98. The SMILES string of the molecule is CCNCc1ccc(SCc2cc(C)cc(C)c2)c(C)c1. The van der Waals surface area contributed by atoms with Crippen LogP contribution >= 0.6 is 11.8 Å². The fourth-order valence-electron chi connectivity index (χ4n) is 2.57. The number of hydrogen-bond donors (Lipinski definition) is 1. The molecule has 21 heavy (non-hydrogen) atoms. The maximum absolute atomic E-state index is 3.37. The minimum absolute atomic E-state index is 0.958. The first kappa shape index (κ1) is 16.1.